The lowest BCUT2D eigenvalue weighted by atomic mass is 10.6. The number of hydrogen-bond acceptors (Lipinski definition) is 5. The highest BCUT2D eigenvalue weighted by Crippen LogP contribution is 1.83. The van der Waals surface area contributed by atoms with Gasteiger partial charge in [0.2, 0.25) is 0 Å². The molecule has 0 aromatic heterocycles. The van der Waals surface area contributed by atoms with Crippen LogP contribution in [0.15, 0.2) is 0 Å². The Balaban J connectivity index is 3.03. The second-order valence-corrected chi connectivity index (χ2v) is 2.06. The zero-order valence-corrected chi connectivity index (χ0v) is 6.57. The molecule has 1 N–H and O–H groups in total. The SMILES string of the molecule is CON(O)OCCN(C)C. The Kier molecular flexibility index (Phi) is 5.46. The molecule has 5 heteroatoms. The molecule has 0 fully saturated rings. The van der Waals surface area contributed by atoms with Crippen LogP contribution in [-0.2, 0) is 9.68 Å². The van der Waals surface area contributed by atoms with Crippen LogP contribution in [0.5, 0.6) is 0 Å². The van der Waals surface area contributed by atoms with Crippen molar-refractivity contribution < 1.29 is 14.9 Å². The van der Waals surface area contributed by atoms with Crippen molar-refractivity contribution in [3.63, 3.8) is 0 Å². The zero-order valence-electron chi connectivity index (χ0n) is 6.57. The van der Waals surface area contributed by atoms with Gasteiger partial charge >= 0.3 is 0 Å². The molecule has 0 spiro atoms. The third-order valence-electron chi connectivity index (χ3n) is 0.896. The fraction of sp³-hybridized carbons (Fsp3) is 1.00. The quantitative estimate of drug-likeness (QED) is 0.547. The minimum Gasteiger partial charge on any atom is -0.307 e. The maximum Gasteiger partial charge on any atom is 0.0863 e. The third-order valence-corrected chi connectivity index (χ3v) is 0.896. The highest BCUT2D eigenvalue weighted by Gasteiger charge is 1.96. The van der Waals surface area contributed by atoms with Crippen molar-refractivity contribution in [3.05, 3.63) is 0 Å². The molecule has 0 radical (unpaired) electrons. The van der Waals surface area contributed by atoms with Crippen molar-refractivity contribution in [3.8, 4) is 0 Å². The standard InChI is InChI=1S/C5H14N2O3/c1-6(2)4-5-10-7(8)9-3/h8H,4-5H2,1-3H3. The second kappa shape index (κ2) is 5.57. The summed E-state index contributed by atoms with van der Waals surface area (Å²) < 4.78 is 0. The highest BCUT2D eigenvalue weighted by molar-refractivity contribution is 4.36. The van der Waals surface area contributed by atoms with E-state index >= 15 is 0 Å². The maximum absolute atomic E-state index is 8.54. The Morgan fingerprint density at radius 2 is 2.00 bits per heavy atom. The van der Waals surface area contributed by atoms with Gasteiger partial charge in [-0.05, 0) is 14.1 Å². The van der Waals surface area contributed by atoms with E-state index in [0.29, 0.717) is 12.0 Å². The van der Waals surface area contributed by atoms with Crippen LogP contribution >= 0.6 is 0 Å². The molecule has 0 saturated heterocycles. The summed E-state index contributed by atoms with van der Waals surface area (Å²) in [4.78, 5) is 10.8. The first-order chi connectivity index (χ1) is 4.66. The van der Waals surface area contributed by atoms with Gasteiger partial charge in [-0.3, -0.25) is 10.0 Å². The molecular formula is C5H14N2O3. The van der Waals surface area contributed by atoms with Gasteiger partial charge in [-0.25, -0.2) is 4.84 Å². The summed E-state index contributed by atoms with van der Waals surface area (Å²) in [7, 11) is 5.14. The van der Waals surface area contributed by atoms with E-state index in [-0.39, 0.29) is 0 Å². The first-order valence-corrected chi connectivity index (χ1v) is 2.97. The summed E-state index contributed by atoms with van der Waals surface area (Å²) in [6, 6.07) is 0. The van der Waals surface area contributed by atoms with E-state index in [4.69, 9.17) is 5.21 Å². The first kappa shape index (κ1) is 9.80. The highest BCUT2D eigenvalue weighted by atomic mass is 17.1. The van der Waals surface area contributed by atoms with E-state index in [1.54, 1.807) is 0 Å². The van der Waals surface area contributed by atoms with Gasteiger partial charge in [0, 0.05) is 6.54 Å². The van der Waals surface area contributed by atoms with E-state index in [1.807, 2.05) is 19.0 Å². The van der Waals surface area contributed by atoms with Crippen molar-refractivity contribution in [2.75, 3.05) is 34.4 Å². The van der Waals surface area contributed by atoms with Crippen LogP contribution in [0.25, 0.3) is 0 Å². The van der Waals surface area contributed by atoms with Crippen LogP contribution in [-0.4, -0.2) is 49.9 Å². The molecule has 0 atom stereocenters. The predicted molar refractivity (Wildman–Crippen MR) is 35.1 cm³/mol. The Hall–Kier alpha value is -0.200. The maximum atomic E-state index is 8.54. The van der Waals surface area contributed by atoms with Gasteiger partial charge in [-0.15, -0.1) is 0 Å². The lowest BCUT2D eigenvalue weighted by molar-refractivity contribution is -0.501. The van der Waals surface area contributed by atoms with E-state index in [0.717, 1.165) is 6.54 Å². The van der Waals surface area contributed by atoms with Gasteiger partial charge in [-0.1, -0.05) is 0 Å². The van der Waals surface area contributed by atoms with Crippen LogP contribution < -0.4 is 0 Å². The lowest BCUT2D eigenvalue weighted by Gasteiger charge is -2.12. The molecule has 0 heterocycles. The normalized spacial score (nSPS) is 11.4. The van der Waals surface area contributed by atoms with Gasteiger partial charge in [0.25, 0.3) is 0 Å². The summed E-state index contributed by atoms with van der Waals surface area (Å²) in [5, 5.41) is 8.88. The van der Waals surface area contributed by atoms with Crippen molar-refractivity contribution in [2.45, 2.75) is 0 Å². The molecule has 0 bridgehead atoms. The second-order valence-electron chi connectivity index (χ2n) is 2.06. The number of hydrogen-bond donors (Lipinski definition) is 1. The molecule has 5 nitrogen and oxygen atoms in total. The smallest absolute Gasteiger partial charge is 0.0863 e. The summed E-state index contributed by atoms with van der Waals surface area (Å²) >= 11 is 0. The van der Waals surface area contributed by atoms with Crippen LogP contribution in [0.1, 0.15) is 0 Å². The van der Waals surface area contributed by atoms with Crippen LogP contribution in [0, 0.1) is 0 Å². The predicted octanol–water partition coefficient (Wildman–Crippen LogP) is -0.268. The molecule has 0 rings (SSSR count). The average Bonchev–Trinajstić information content (AvgIpc) is 1.87. The zero-order chi connectivity index (χ0) is 7.98. The van der Waals surface area contributed by atoms with Gasteiger partial charge in [-0.2, -0.15) is 0 Å². The number of nitrogens with zero attached hydrogens (tertiary/aromatic N) is 2. The van der Waals surface area contributed by atoms with Crippen molar-refractivity contribution in [1.82, 2.24) is 10.3 Å². The number of rotatable bonds is 5. The van der Waals surface area contributed by atoms with Gasteiger partial charge in [0.1, 0.15) is 0 Å². The first-order valence-electron chi connectivity index (χ1n) is 2.97. The molecule has 0 aromatic rings. The molecular weight excluding hydrogens is 136 g/mol. The third kappa shape index (κ3) is 5.93. The van der Waals surface area contributed by atoms with Crippen molar-refractivity contribution >= 4 is 0 Å². The van der Waals surface area contributed by atoms with E-state index in [2.05, 4.69) is 9.68 Å². The van der Waals surface area contributed by atoms with E-state index in [1.165, 1.54) is 7.11 Å². The van der Waals surface area contributed by atoms with Gasteiger partial charge in [0.05, 0.1) is 19.1 Å². The minimum absolute atomic E-state index is 0.337. The summed E-state index contributed by atoms with van der Waals surface area (Å²) in [5.74, 6) is 0. The Labute approximate surface area is 60.6 Å². The molecule has 0 aliphatic carbocycles. The molecule has 0 aromatic carbocycles. The molecule has 10 heavy (non-hydrogen) atoms. The fourth-order valence-corrected chi connectivity index (χ4v) is 0.354. The minimum atomic E-state index is 0.337. The molecule has 0 aliphatic heterocycles. The fourth-order valence-electron chi connectivity index (χ4n) is 0.354. The van der Waals surface area contributed by atoms with Gasteiger partial charge in [0.15, 0.2) is 0 Å². The number of likely N-dealkylation sites (N-methyl/N-ethyl adjacent to an activating group) is 1. The summed E-state index contributed by atoms with van der Waals surface area (Å²) in [6.45, 7) is 1.14. The Morgan fingerprint density at radius 1 is 1.40 bits per heavy atom. The monoisotopic (exact) mass is 150 g/mol. The Bertz CT molecular complexity index is 79.3. The van der Waals surface area contributed by atoms with Crippen LogP contribution in [0.2, 0.25) is 0 Å². The van der Waals surface area contributed by atoms with E-state index < -0.39 is 0 Å². The topological polar surface area (TPSA) is 45.2 Å². The largest absolute Gasteiger partial charge is 0.307 e. The van der Waals surface area contributed by atoms with Crippen molar-refractivity contribution in [2.24, 2.45) is 0 Å². The van der Waals surface area contributed by atoms with E-state index in [9.17, 15) is 0 Å². The molecule has 62 valence electrons. The summed E-state index contributed by atoms with van der Waals surface area (Å²) in [6.07, 6.45) is 0. The Morgan fingerprint density at radius 3 is 2.40 bits per heavy atom. The molecule has 0 aliphatic rings. The molecule has 0 unspecified atom stereocenters. The molecule has 0 amide bonds. The van der Waals surface area contributed by atoms with Crippen LogP contribution in [0.4, 0.5) is 0 Å². The van der Waals surface area contributed by atoms with Crippen LogP contribution in [0.3, 0.4) is 0 Å². The average molecular weight is 150 g/mol. The molecule has 0 saturated carbocycles. The summed E-state index contributed by atoms with van der Waals surface area (Å²) in [5.41, 5.74) is 0. The van der Waals surface area contributed by atoms with Crippen molar-refractivity contribution in [1.29, 1.82) is 0 Å². The lowest BCUT2D eigenvalue weighted by Crippen LogP contribution is -2.25. The van der Waals surface area contributed by atoms with Gasteiger partial charge < -0.3 is 4.90 Å².